The molecule has 0 amide bonds. The summed E-state index contributed by atoms with van der Waals surface area (Å²) in [6.07, 6.45) is 1.61. The fourth-order valence-corrected chi connectivity index (χ4v) is 3.47. The van der Waals surface area contributed by atoms with Crippen molar-refractivity contribution in [3.63, 3.8) is 0 Å². The molecule has 3 aromatic rings. The Morgan fingerprint density at radius 2 is 1.68 bits per heavy atom. The highest BCUT2D eigenvalue weighted by Crippen LogP contribution is 2.26. The minimum Gasteiger partial charge on any atom is -0.365 e. The van der Waals surface area contributed by atoms with Crippen LogP contribution in [-0.4, -0.2) is 24.1 Å². The predicted octanol–water partition coefficient (Wildman–Crippen LogP) is 4.34. The van der Waals surface area contributed by atoms with Crippen LogP contribution in [-0.2, 0) is 16.4 Å². The number of nitrogens with zero attached hydrogens (tertiary/aromatic N) is 2. The summed E-state index contributed by atoms with van der Waals surface area (Å²) in [4.78, 5) is 9.08. The standard InChI is InChI=1S/C17H15Cl2N3O2S/c1-2-25(23,24)12-5-3-11(4-6-12)9-21-17-10-20-15-7-13(18)14(19)8-16(15)22-17/h3-8,10H,2,9H2,1H3,(H,21,22). The van der Waals surface area contributed by atoms with E-state index in [-0.39, 0.29) is 5.75 Å². The molecule has 1 N–H and O–H groups in total. The summed E-state index contributed by atoms with van der Waals surface area (Å²) in [6.45, 7) is 2.12. The van der Waals surface area contributed by atoms with E-state index in [1.807, 2.05) is 0 Å². The first-order valence-electron chi connectivity index (χ1n) is 7.56. The van der Waals surface area contributed by atoms with Crippen LogP contribution < -0.4 is 5.32 Å². The molecule has 0 fully saturated rings. The molecule has 0 aliphatic carbocycles. The minimum atomic E-state index is -3.18. The van der Waals surface area contributed by atoms with Crippen LogP contribution in [0.1, 0.15) is 12.5 Å². The Morgan fingerprint density at radius 1 is 1.04 bits per heavy atom. The van der Waals surface area contributed by atoms with Gasteiger partial charge in [-0.05, 0) is 29.8 Å². The quantitative estimate of drug-likeness (QED) is 0.695. The summed E-state index contributed by atoms with van der Waals surface area (Å²) in [5.41, 5.74) is 2.24. The molecule has 0 aliphatic rings. The minimum absolute atomic E-state index is 0.0872. The van der Waals surface area contributed by atoms with Crippen molar-refractivity contribution in [1.82, 2.24) is 9.97 Å². The van der Waals surface area contributed by atoms with Gasteiger partial charge in [0.25, 0.3) is 0 Å². The number of hydrogen-bond donors (Lipinski definition) is 1. The van der Waals surface area contributed by atoms with Gasteiger partial charge in [-0.25, -0.2) is 13.4 Å². The lowest BCUT2D eigenvalue weighted by Gasteiger charge is -2.08. The monoisotopic (exact) mass is 395 g/mol. The van der Waals surface area contributed by atoms with E-state index in [4.69, 9.17) is 23.2 Å². The SMILES string of the molecule is CCS(=O)(=O)c1ccc(CNc2cnc3cc(Cl)c(Cl)cc3n2)cc1. The number of halogens is 2. The van der Waals surface area contributed by atoms with Crippen molar-refractivity contribution in [3.8, 4) is 0 Å². The number of nitrogens with one attached hydrogen (secondary N) is 1. The third-order valence-corrected chi connectivity index (χ3v) is 6.19. The molecule has 0 bridgehead atoms. The van der Waals surface area contributed by atoms with Gasteiger partial charge in [-0.15, -0.1) is 0 Å². The van der Waals surface area contributed by atoms with Crippen molar-refractivity contribution in [2.45, 2.75) is 18.4 Å². The topological polar surface area (TPSA) is 72.0 Å². The zero-order chi connectivity index (χ0) is 18.0. The van der Waals surface area contributed by atoms with Crippen LogP contribution in [0.3, 0.4) is 0 Å². The lowest BCUT2D eigenvalue weighted by molar-refractivity contribution is 0.597. The smallest absolute Gasteiger partial charge is 0.178 e. The molecule has 0 unspecified atom stereocenters. The molecule has 0 spiro atoms. The highest BCUT2D eigenvalue weighted by molar-refractivity contribution is 7.91. The summed E-state index contributed by atoms with van der Waals surface area (Å²) in [5, 5.41) is 4.02. The van der Waals surface area contributed by atoms with Crippen LogP contribution in [0.25, 0.3) is 11.0 Å². The molecule has 2 aromatic carbocycles. The van der Waals surface area contributed by atoms with Gasteiger partial charge in [0.15, 0.2) is 9.84 Å². The van der Waals surface area contributed by atoms with E-state index in [1.54, 1.807) is 49.5 Å². The number of sulfone groups is 1. The molecule has 3 rings (SSSR count). The summed E-state index contributed by atoms with van der Waals surface area (Å²) >= 11 is 12.0. The van der Waals surface area contributed by atoms with Gasteiger partial charge in [-0.3, -0.25) is 4.98 Å². The van der Waals surface area contributed by atoms with Crippen LogP contribution in [0.15, 0.2) is 47.5 Å². The number of hydrogen-bond acceptors (Lipinski definition) is 5. The summed E-state index contributed by atoms with van der Waals surface area (Å²) in [5.74, 6) is 0.681. The molecule has 0 atom stereocenters. The van der Waals surface area contributed by atoms with E-state index in [9.17, 15) is 8.42 Å². The molecular weight excluding hydrogens is 381 g/mol. The maximum atomic E-state index is 11.8. The summed E-state index contributed by atoms with van der Waals surface area (Å²) < 4.78 is 23.6. The summed E-state index contributed by atoms with van der Waals surface area (Å²) in [6, 6.07) is 10.1. The van der Waals surface area contributed by atoms with Crippen LogP contribution in [0.2, 0.25) is 10.0 Å². The summed E-state index contributed by atoms with van der Waals surface area (Å²) in [7, 11) is -3.18. The van der Waals surface area contributed by atoms with Crippen LogP contribution >= 0.6 is 23.2 Å². The highest BCUT2D eigenvalue weighted by atomic mass is 35.5. The number of benzene rings is 2. The molecule has 5 nitrogen and oxygen atoms in total. The maximum Gasteiger partial charge on any atom is 0.178 e. The molecule has 0 saturated carbocycles. The Labute approximate surface area is 155 Å². The second kappa shape index (κ2) is 7.15. The maximum absolute atomic E-state index is 11.8. The van der Waals surface area contributed by atoms with E-state index in [0.717, 1.165) is 5.56 Å². The van der Waals surface area contributed by atoms with Gasteiger partial charge in [0, 0.05) is 6.54 Å². The average Bonchev–Trinajstić information content (AvgIpc) is 2.61. The molecule has 0 saturated heterocycles. The van der Waals surface area contributed by atoms with E-state index < -0.39 is 9.84 Å². The van der Waals surface area contributed by atoms with Crippen LogP contribution in [0.4, 0.5) is 5.82 Å². The molecule has 0 radical (unpaired) electrons. The molecule has 0 aliphatic heterocycles. The lowest BCUT2D eigenvalue weighted by atomic mass is 10.2. The number of anilines is 1. The number of aromatic nitrogens is 2. The molecule has 130 valence electrons. The number of fused-ring (bicyclic) bond motifs is 1. The van der Waals surface area contributed by atoms with Gasteiger partial charge in [-0.2, -0.15) is 0 Å². The van der Waals surface area contributed by atoms with Gasteiger partial charge in [-0.1, -0.05) is 42.3 Å². The van der Waals surface area contributed by atoms with Crippen molar-refractivity contribution in [2.24, 2.45) is 0 Å². The van der Waals surface area contributed by atoms with Crippen molar-refractivity contribution in [1.29, 1.82) is 0 Å². The van der Waals surface area contributed by atoms with Crippen molar-refractivity contribution in [2.75, 3.05) is 11.1 Å². The van der Waals surface area contributed by atoms with Crippen LogP contribution in [0, 0.1) is 0 Å². The van der Waals surface area contributed by atoms with E-state index in [1.165, 1.54) is 0 Å². The molecule has 1 heterocycles. The predicted molar refractivity (Wildman–Crippen MR) is 101 cm³/mol. The fourth-order valence-electron chi connectivity index (χ4n) is 2.27. The van der Waals surface area contributed by atoms with Gasteiger partial charge < -0.3 is 5.32 Å². The van der Waals surface area contributed by atoms with Crippen molar-refractivity contribution < 1.29 is 8.42 Å². The third kappa shape index (κ3) is 4.03. The first-order valence-corrected chi connectivity index (χ1v) is 9.97. The number of rotatable bonds is 5. The molecule has 25 heavy (non-hydrogen) atoms. The molecule has 8 heteroatoms. The zero-order valence-corrected chi connectivity index (χ0v) is 15.7. The average molecular weight is 396 g/mol. The zero-order valence-electron chi connectivity index (χ0n) is 13.3. The normalized spacial score (nSPS) is 11.6. The third-order valence-electron chi connectivity index (χ3n) is 3.72. The largest absolute Gasteiger partial charge is 0.365 e. The van der Waals surface area contributed by atoms with Crippen LogP contribution in [0.5, 0.6) is 0 Å². The molecule has 1 aromatic heterocycles. The second-order valence-electron chi connectivity index (χ2n) is 5.41. The lowest BCUT2D eigenvalue weighted by Crippen LogP contribution is -2.05. The van der Waals surface area contributed by atoms with E-state index >= 15 is 0 Å². The second-order valence-corrected chi connectivity index (χ2v) is 8.50. The van der Waals surface area contributed by atoms with Gasteiger partial charge >= 0.3 is 0 Å². The molecular formula is C17H15Cl2N3O2S. The van der Waals surface area contributed by atoms with E-state index in [2.05, 4.69) is 15.3 Å². The van der Waals surface area contributed by atoms with Gasteiger partial charge in [0.05, 0.1) is 37.9 Å². The Morgan fingerprint density at radius 3 is 2.32 bits per heavy atom. The van der Waals surface area contributed by atoms with Crippen molar-refractivity contribution >= 4 is 49.9 Å². The Kier molecular flexibility index (Phi) is 5.13. The first kappa shape index (κ1) is 17.9. The Hall–Kier alpha value is -1.89. The Balaban J connectivity index is 1.75. The first-order chi connectivity index (χ1) is 11.9. The highest BCUT2D eigenvalue weighted by Gasteiger charge is 2.10. The Bertz CT molecular complexity index is 1020. The van der Waals surface area contributed by atoms with Gasteiger partial charge in [0.1, 0.15) is 5.82 Å². The fraction of sp³-hybridized carbons (Fsp3) is 0.176. The van der Waals surface area contributed by atoms with E-state index in [0.29, 0.717) is 38.3 Å². The van der Waals surface area contributed by atoms with Gasteiger partial charge in [0.2, 0.25) is 0 Å². The van der Waals surface area contributed by atoms with Crippen molar-refractivity contribution in [3.05, 3.63) is 58.2 Å².